The van der Waals surface area contributed by atoms with E-state index in [0.29, 0.717) is 16.8 Å². The number of aryl methyl sites for hydroxylation is 1. The molecule has 8 nitrogen and oxygen atoms in total. The second-order valence-electron chi connectivity index (χ2n) is 8.66. The van der Waals surface area contributed by atoms with Crippen LogP contribution in [0.4, 0.5) is 5.69 Å². The summed E-state index contributed by atoms with van der Waals surface area (Å²) in [7, 11) is 0. The minimum absolute atomic E-state index is 0.0307. The predicted molar refractivity (Wildman–Crippen MR) is 118 cm³/mol. The zero-order valence-corrected chi connectivity index (χ0v) is 17.9. The number of aromatic nitrogens is 4. The Morgan fingerprint density at radius 2 is 1.97 bits per heavy atom. The molecule has 0 spiro atoms. The summed E-state index contributed by atoms with van der Waals surface area (Å²) >= 11 is 0. The van der Waals surface area contributed by atoms with Crippen molar-refractivity contribution in [2.24, 2.45) is 5.92 Å². The van der Waals surface area contributed by atoms with Gasteiger partial charge < -0.3 is 10.1 Å². The molecule has 2 atom stereocenters. The van der Waals surface area contributed by atoms with Crippen molar-refractivity contribution >= 4 is 17.6 Å². The van der Waals surface area contributed by atoms with Crippen LogP contribution in [0.25, 0.3) is 11.4 Å². The van der Waals surface area contributed by atoms with E-state index in [1.807, 2.05) is 6.07 Å². The SMILES string of the molecule is Cc1cccc(C2CC2C(=O)Nc2ccc(C(=O)OC3CCCC3)c(-c3nn[nH]n3)c2)c1. The van der Waals surface area contributed by atoms with Gasteiger partial charge in [0.15, 0.2) is 0 Å². The standard InChI is InChI=1S/C24H25N5O3/c1-14-5-4-6-15(11-14)19-13-21(19)23(30)25-16-9-10-18(20(12-16)22-26-28-29-27-22)24(31)32-17-7-2-3-8-17/h4-6,9-12,17,19,21H,2-3,7-8,13H2,1H3,(H,25,30)(H,26,27,28,29). The fraction of sp³-hybridized carbons (Fsp3) is 0.375. The quantitative estimate of drug-likeness (QED) is 0.571. The van der Waals surface area contributed by atoms with Crippen LogP contribution in [-0.2, 0) is 9.53 Å². The van der Waals surface area contributed by atoms with Gasteiger partial charge in [-0.2, -0.15) is 5.21 Å². The molecule has 2 aromatic carbocycles. The Labute approximate surface area is 185 Å². The lowest BCUT2D eigenvalue weighted by molar-refractivity contribution is -0.117. The van der Waals surface area contributed by atoms with Crippen LogP contribution in [-0.4, -0.2) is 38.6 Å². The number of hydrogen-bond acceptors (Lipinski definition) is 6. The number of anilines is 1. The molecule has 8 heteroatoms. The average molecular weight is 431 g/mol. The van der Waals surface area contributed by atoms with Gasteiger partial charge in [0.25, 0.3) is 0 Å². The number of H-pyrrole nitrogens is 1. The molecule has 0 saturated heterocycles. The highest BCUT2D eigenvalue weighted by molar-refractivity contribution is 6.00. The molecule has 2 aliphatic rings. The summed E-state index contributed by atoms with van der Waals surface area (Å²) in [5.41, 5.74) is 3.81. The Hall–Kier alpha value is -3.55. The second-order valence-corrected chi connectivity index (χ2v) is 8.66. The summed E-state index contributed by atoms with van der Waals surface area (Å²) in [5, 5.41) is 17.0. The molecule has 2 unspecified atom stereocenters. The summed E-state index contributed by atoms with van der Waals surface area (Å²) in [6.07, 6.45) is 4.71. The van der Waals surface area contributed by atoms with E-state index < -0.39 is 5.97 Å². The van der Waals surface area contributed by atoms with Crippen molar-refractivity contribution in [2.45, 2.75) is 51.0 Å². The molecule has 0 radical (unpaired) electrons. The number of amides is 1. The molecule has 0 bridgehead atoms. The van der Waals surface area contributed by atoms with Crippen LogP contribution in [0.1, 0.15) is 59.5 Å². The van der Waals surface area contributed by atoms with Gasteiger partial charge in [-0.1, -0.05) is 29.8 Å². The van der Waals surface area contributed by atoms with Gasteiger partial charge in [0.05, 0.1) is 5.56 Å². The Bertz CT molecular complexity index is 1140. The average Bonchev–Trinajstić information content (AvgIpc) is 3.14. The molecular weight excluding hydrogens is 406 g/mol. The normalized spacial score (nSPS) is 20.2. The number of rotatable bonds is 6. The first-order chi connectivity index (χ1) is 15.6. The van der Waals surface area contributed by atoms with E-state index in [2.05, 4.69) is 51.1 Å². The van der Waals surface area contributed by atoms with Crippen LogP contribution < -0.4 is 5.32 Å². The summed E-state index contributed by atoms with van der Waals surface area (Å²) < 4.78 is 5.67. The van der Waals surface area contributed by atoms with Crippen LogP contribution >= 0.6 is 0 Å². The fourth-order valence-corrected chi connectivity index (χ4v) is 4.47. The smallest absolute Gasteiger partial charge is 0.339 e. The van der Waals surface area contributed by atoms with Gasteiger partial charge in [-0.05, 0) is 73.9 Å². The maximum atomic E-state index is 12.8. The minimum Gasteiger partial charge on any atom is -0.459 e. The third-order valence-electron chi connectivity index (χ3n) is 6.27. The molecule has 0 aliphatic heterocycles. The van der Waals surface area contributed by atoms with E-state index in [9.17, 15) is 9.59 Å². The molecule has 1 aromatic heterocycles. The van der Waals surface area contributed by atoms with E-state index in [1.54, 1.807) is 18.2 Å². The molecule has 32 heavy (non-hydrogen) atoms. The number of benzene rings is 2. The lowest BCUT2D eigenvalue weighted by Crippen LogP contribution is -2.17. The maximum absolute atomic E-state index is 12.8. The number of aromatic amines is 1. The third-order valence-corrected chi connectivity index (χ3v) is 6.27. The van der Waals surface area contributed by atoms with E-state index in [4.69, 9.17) is 4.74 Å². The number of nitrogens with zero attached hydrogens (tertiary/aromatic N) is 3. The molecule has 164 valence electrons. The number of hydrogen-bond donors (Lipinski definition) is 2. The highest BCUT2D eigenvalue weighted by Crippen LogP contribution is 2.48. The molecule has 2 N–H and O–H groups in total. The summed E-state index contributed by atoms with van der Waals surface area (Å²) in [6, 6.07) is 13.4. The van der Waals surface area contributed by atoms with Crippen molar-refractivity contribution in [1.29, 1.82) is 0 Å². The zero-order chi connectivity index (χ0) is 22.1. The van der Waals surface area contributed by atoms with Crippen LogP contribution in [0.15, 0.2) is 42.5 Å². The number of carbonyl (C=O) groups is 2. The van der Waals surface area contributed by atoms with Crippen LogP contribution in [0.3, 0.4) is 0 Å². The number of tetrazole rings is 1. The largest absolute Gasteiger partial charge is 0.459 e. The molecule has 5 rings (SSSR count). The topological polar surface area (TPSA) is 110 Å². The first-order valence-corrected chi connectivity index (χ1v) is 11.0. The van der Waals surface area contributed by atoms with Gasteiger partial charge in [0.1, 0.15) is 6.10 Å². The third kappa shape index (κ3) is 4.26. The number of ether oxygens (including phenoxy) is 1. The molecule has 1 heterocycles. The molecule has 2 aliphatic carbocycles. The Morgan fingerprint density at radius 1 is 1.12 bits per heavy atom. The van der Waals surface area contributed by atoms with Crippen molar-refractivity contribution in [3.63, 3.8) is 0 Å². The molecular formula is C24H25N5O3. The van der Waals surface area contributed by atoms with Crippen molar-refractivity contribution in [1.82, 2.24) is 20.6 Å². The molecule has 1 amide bonds. The van der Waals surface area contributed by atoms with Gasteiger partial charge in [-0.15, -0.1) is 10.2 Å². The number of esters is 1. The summed E-state index contributed by atoms with van der Waals surface area (Å²) in [5.74, 6) is 0.0290. The lowest BCUT2D eigenvalue weighted by Gasteiger charge is -2.14. The van der Waals surface area contributed by atoms with E-state index in [0.717, 1.165) is 32.1 Å². The monoisotopic (exact) mass is 431 g/mol. The molecule has 3 aromatic rings. The van der Waals surface area contributed by atoms with Gasteiger partial charge in [-0.3, -0.25) is 4.79 Å². The van der Waals surface area contributed by atoms with Crippen LogP contribution in [0, 0.1) is 12.8 Å². The first-order valence-electron chi connectivity index (χ1n) is 11.0. The highest BCUT2D eigenvalue weighted by atomic mass is 16.5. The Balaban J connectivity index is 1.33. The lowest BCUT2D eigenvalue weighted by atomic mass is 10.0. The summed E-state index contributed by atoms with van der Waals surface area (Å²) in [4.78, 5) is 25.6. The molecule has 2 fully saturated rings. The first kappa shape index (κ1) is 20.4. The fourth-order valence-electron chi connectivity index (χ4n) is 4.47. The van der Waals surface area contributed by atoms with Gasteiger partial charge >= 0.3 is 5.97 Å². The van der Waals surface area contributed by atoms with E-state index in [-0.39, 0.29) is 29.7 Å². The van der Waals surface area contributed by atoms with Crippen molar-refractivity contribution < 1.29 is 14.3 Å². The van der Waals surface area contributed by atoms with Gasteiger partial charge in [0.2, 0.25) is 11.7 Å². The number of carbonyl (C=O) groups excluding carboxylic acids is 2. The van der Waals surface area contributed by atoms with Crippen molar-refractivity contribution in [3.8, 4) is 11.4 Å². The second kappa shape index (κ2) is 8.53. The van der Waals surface area contributed by atoms with Gasteiger partial charge in [0, 0.05) is 17.2 Å². The minimum atomic E-state index is -0.406. The van der Waals surface area contributed by atoms with Crippen LogP contribution in [0.5, 0.6) is 0 Å². The van der Waals surface area contributed by atoms with Crippen molar-refractivity contribution in [3.05, 3.63) is 59.2 Å². The predicted octanol–water partition coefficient (Wildman–Crippen LogP) is 4.02. The van der Waals surface area contributed by atoms with E-state index in [1.165, 1.54) is 11.1 Å². The van der Waals surface area contributed by atoms with Gasteiger partial charge in [-0.25, -0.2) is 4.79 Å². The Kier molecular flexibility index (Phi) is 5.43. The highest BCUT2D eigenvalue weighted by Gasteiger charge is 2.44. The zero-order valence-electron chi connectivity index (χ0n) is 17.9. The number of nitrogens with one attached hydrogen (secondary N) is 2. The Morgan fingerprint density at radius 3 is 2.72 bits per heavy atom. The summed E-state index contributed by atoms with van der Waals surface area (Å²) in [6.45, 7) is 2.06. The van der Waals surface area contributed by atoms with E-state index >= 15 is 0 Å². The maximum Gasteiger partial charge on any atom is 0.339 e. The van der Waals surface area contributed by atoms with Crippen molar-refractivity contribution in [2.75, 3.05) is 5.32 Å². The molecule has 2 saturated carbocycles. The van der Waals surface area contributed by atoms with Crippen LogP contribution in [0.2, 0.25) is 0 Å².